The monoisotopic (exact) mass is 449 g/mol. The quantitative estimate of drug-likeness (QED) is 0.557. The van der Waals surface area contributed by atoms with E-state index < -0.39 is 0 Å². The Morgan fingerprint density at radius 2 is 2.04 bits per heavy atom. The molecule has 6 nitrogen and oxygen atoms in total. The Bertz CT molecular complexity index is 895. The Labute approximate surface area is 158 Å². The van der Waals surface area contributed by atoms with Gasteiger partial charge in [-0.05, 0) is 46.9 Å². The smallest absolute Gasteiger partial charge is 0.255 e. The highest BCUT2D eigenvalue weighted by Gasteiger charge is 2.18. The maximum absolute atomic E-state index is 12.5. The lowest BCUT2D eigenvalue weighted by atomic mass is 10.2. The van der Waals surface area contributed by atoms with Crippen molar-refractivity contribution in [2.45, 2.75) is 6.54 Å². The van der Waals surface area contributed by atoms with Crippen LogP contribution in [-0.4, -0.2) is 35.1 Å². The molecule has 0 spiro atoms. The molecule has 0 aliphatic rings. The molecule has 0 saturated heterocycles. The number of benzene rings is 2. The van der Waals surface area contributed by atoms with Crippen molar-refractivity contribution < 1.29 is 14.1 Å². The summed E-state index contributed by atoms with van der Waals surface area (Å²) in [6, 6.07) is 14.9. The number of hydrogen-bond acceptors (Lipinski definition) is 5. The molecule has 0 N–H and O–H groups in total. The third-order valence-electron chi connectivity index (χ3n) is 3.62. The zero-order valence-corrected chi connectivity index (χ0v) is 15.9. The molecule has 1 aromatic heterocycles. The van der Waals surface area contributed by atoms with Crippen LogP contribution in [0.5, 0.6) is 5.75 Å². The number of rotatable bonds is 5. The lowest BCUT2D eigenvalue weighted by Gasteiger charge is -2.15. The average Bonchev–Trinajstić information content (AvgIpc) is 3.10. The highest BCUT2D eigenvalue weighted by molar-refractivity contribution is 14.1. The van der Waals surface area contributed by atoms with Crippen molar-refractivity contribution in [2.24, 2.45) is 0 Å². The minimum atomic E-state index is -0.0915. The number of hydrogen-bond donors (Lipinski definition) is 0. The van der Waals surface area contributed by atoms with Crippen LogP contribution >= 0.6 is 22.6 Å². The first kappa shape index (κ1) is 17.4. The minimum Gasteiger partial charge on any atom is -0.497 e. The van der Waals surface area contributed by atoms with Gasteiger partial charge in [0.05, 0.1) is 19.2 Å². The molecule has 0 bridgehead atoms. The van der Waals surface area contributed by atoms with Gasteiger partial charge < -0.3 is 14.2 Å². The van der Waals surface area contributed by atoms with E-state index in [-0.39, 0.29) is 12.5 Å². The first-order valence-corrected chi connectivity index (χ1v) is 8.63. The third kappa shape index (κ3) is 3.98. The van der Waals surface area contributed by atoms with Gasteiger partial charge in [-0.25, -0.2) is 0 Å². The predicted molar refractivity (Wildman–Crippen MR) is 101 cm³/mol. The molecule has 7 heteroatoms. The Balaban J connectivity index is 1.74. The highest BCUT2D eigenvalue weighted by Crippen LogP contribution is 2.22. The van der Waals surface area contributed by atoms with Crippen molar-refractivity contribution in [3.8, 4) is 17.1 Å². The molecule has 0 aliphatic carbocycles. The van der Waals surface area contributed by atoms with E-state index in [4.69, 9.17) is 9.26 Å². The topological polar surface area (TPSA) is 68.5 Å². The molecule has 3 aromatic rings. The van der Waals surface area contributed by atoms with E-state index in [0.717, 1.165) is 14.9 Å². The van der Waals surface area contributed by atoms with Crippen molar-refractivity contribution in [2.75, 3.05) is 14.2 Å². The van der Waals surface area contributed by atoms with Crippen LogP contribution in [-0.2, 0) is 6.54 Å². The van der Waals surface area contributed by atoms with Gasteiger partial charge in [0.15, 0.2) is 0 Å². The number of carbonyl (C=O) groups is 1. The summed E-state index contributed by atoms with van der Waals surface area (Å²) in [4.78, 5) is 18.5. The fraction of sp³-hybridized carbons (Fsp3) is 0.167. The second kappa shape index (κ2) is 7.64. The Hall–Kier alpha value is -2.42. The van der Waals surface area contributed by atoms with Crippen molar-refractivity contribution >= 4 is 28.5 Å². The van der Waals surface area contributed by atoms with Crippen LogP contribution in [0.3, 0.4) is 0 Å². The van der Waals surface area contributed by atoms with E-state index in [1.165, 1.54) is 0 Å². The summed E-state index contributed by atoms with van der Waals surface area (Å²) >= 11 is 2.15. The molecule has 25 heavy (non-hydrogen) atoms. The SMILES string of the molecule is COc1cccc(-c2noc(CN(C)C(=O)c3ccccc3I)n2)c1. The fourth-order valence-electron chi connectivity index (χ4n) is 2.31. The van der Waals surface area contributed by atoms with E-state index in [2.05, 4.69) is 32.7 Å². The van der Waals surface area contributed by atoms with Crippen molar-refractivity contribution in [1.29, 1.82) is 0 Å². The van der Waals surface area contributed by atoms with E-state index in [0.29, 0.717) is 17.3 Å². The van der Waals surface area contributed by atoms with Crippen LogP contribution in [0.15, 0.2) is 53.1 Å². The Morgan fingerprint density at radius 3 is 2.80 bits per heavy atom. The van der Waals surface area contributed by atoms with Crippen LogP contribution in [0.2, 0.25) is 0 Å². The largest absolute Gasteiger partial charge is 0.497 e. The molecule has 128 valence electrons. The summed E-state index contributed by atoms with van der Waals surface area (Å²) in [6.45, 7) is 0.237. The van der Waals surface area contributed by atoms with Gasteiger partial charge >= 0.3 is 0 Å². The molecule has 0 unspecified atom stereocenters. The van der Waals surface area contributed by atoms with Gasteiger partial charge in [-0.1, -0.05) is 29.4 Å². The van der Waals surface area contributed by atoms with Crippen molar-refractivity contribution in [1.82, 2.24) is 15.0 Å². The number of amides is 1. The van der Waals surface area contributed by atoms with Crippen molar-refractivity contribution in [3.63, 3.8) is 0 Å². The molecule has 0 radical (unpaired) electrons. The standard InChI is InChI=1S/C18H16IN3O3/c1-22(18(23)14-8-3-4-9-15(14)19)11-16-20-17(21-25-16)12-6-5-7-13(10-12)24-2/h3-10H,11H2,1-2H3. The van der Waals surface area contributed by atoms with Gasteiger partial charge in [-0.3, -0.25) is 4.79 Å². The molecular formula is C18H16IN3O3. The van der Waals surface area contributed by atoms with Crippen LogP contribution in [0.1, 0.15) is 16.2 Å². The van der Waals surface area contributed by atoms with E-state index in [1.54, 1.807) is 25.1 Å². The number of halogens is 1. The Morgan fingerprint density at radius 1 is 1.24 bits per heavy atom. The molecule has 0 fully saturated rings. The first-order chi connectivity index (χ1) is 12.1. The van der Waals surface area contributed by atoms with Crippen molar-refractivity contribution in [3.05, 3.63) is 63.6 Å². The van der Waals surface area contributed by atoms with E-state index >= 15 is 0 Å². The maximum Gasteiger partial charge on any atom is 0.255 e. The Kier molecular flexibility index (Phi) is 5.32. The summed E-state index contributed by atoms with van der Waals surface area (Å²) in [5, 5.41) is 3.98. The second-order valence-corrected chi connectivity index (χ2v) is 6.55. The van der Waals surface area contributed by atoms with Crippen LogP contribution in [0, 0.1) is 3.57 Å². The molecule has 3 rings (SSSR count). The van der Waals surface area contributed by atoms with Crippen LogP contribution < -0.4 is 4.74 Å². The van der Waals surface area contributed by atoms with Gasteiger partial charge in [0.25, 0.3) is 5.91 Å². The van der Waals surface area contributed by atoms with Gasteiger partial charge in [0.1, 0.15) is 5.75 Å². The number of methoxy groups -OCH3 is 1. The normalized spacial score (nSPS) is 10.5. The zero-order chi connectivity index (χ0) is 17.8. The highest BCUT2D eigenvalue weighted by atomic mass is 127. The molecule has 0 saturated carbocycles. The minimum absolute atomic E-state index is 0.0915. The average molecular weight is 449 g/mol. The number of aromatic nitrogens is 2. The fourth-order valence-corrected chi connectivity index (χ4v) is 2.93. The number of ether oxygens (including phenoxy) is 1. The molecule has 2 aromatic carbocycles. The second-order valence-electron chi connectivity index (χ2n) is 5.38. The summed E-state index contributed by atoms with van der Waals surface area (Å²) in [5.41, 5.74) is 1.44. The molecule has 0 aliphatic heterocycles. The molecule has 1 heterocycles. The first-order valence-electron chi connectivity index (χ1n) is 7.55. The van der Waals surface area contributed by atoms with Crippen LogP contribution in [0.4, 0.5) is 0 Å². The van der Waals surface area contributed by atoms with Gasteiger partial charge in [-0.2, -0.15) is 4.98 Å². The van der Waals surface area contributed by atoms with Crippen LogP contribution in [0.25, 0.3) is 11.4 Å². The third-order valence-corrected chi connectivity index (χ3v) is 4.56. The number of carbonyl (C=O) groups excluding carboxylic acids is 1. The predicted octanol–water partition coefficient (Wildman–Crippen LogP) is 3.62. The lowest BCUT2D eigenvalue weighted by Crippen LogP contribution is -2.27. The maximum atomic E-state index is 12.5. The lowest BCUT2D eigenvalue weighted by molar-refractivity contribution is 0.0768. The summed E-state index contributed by atoms with van der Waals surface area (Å²) in [7, 11) is 3.31. The number of nitrogens with zero attached hydrogens (tertiary/aromatic N) is 3. The van der Waals surface area contributed by atoms with Gasteiger partial charge in [0.2, 0.25) is 11.7 Å². The zero-order valence-electron chi connectivity index (χ0n) is 13.8. The molecular weight excluding hydrogens is 433 g/mol. The molecule has 1 amide bonds. The van der Waals surface area contributed by atoms with Gasteiger partial charge in [0, 0.05) is 16.2 Å². The molecule has 0 atom stereocenters. The van der Waals surface area contributed by atoms with E-state index in [1.807, 2.05) is 42.5 Å². The summed E-state index contributed by atoms with van der Waals surface area (Å²) < 4.78 is 11.4. The van der Waals surface area contributed by atoms with E-state index in [9.17, 15) is 4.79 Å². The summed E-state index contributed by atoms with van der Waals surface area (Å²) in [6.07, 6.45) is 0. The summed E-state index contributed by atoms with van der Waals surface area (Å²) in [5.74, 6) is 1.46. The van der Waals surface area contributed by atoms with Gasteiger partial charge in [-0.15, -0.1) is 0 Å².